The van der Waals surface area contributed by atoms with E-state index in [1.54, 1.807) is 11.4 Å². The Bertz CT molecular complexity index is 452. The summed E-state index contributed by atoms with van der Waals surface area (Å²) in [6.45, 7) is -0.113. The molecule has 0 aliphatic rings. The maximum atomic E-state index is 13.2. The van der Waals surface area contributed by atoms with E-state index in [1.807, 2.05) is 0 Å². The predicted molar refractivity (Wildman–Crippen MR) is 52.1 cm³/mol. The van der Waals surface area contributed by atoms with E-state index in [0.29, 0.717) is 21.3 Å². The molecule has 1 aromatic heterocycles. The molecule has 2 nitrogen and oxygen atoms in total. The average molecular weight is 197 g/mol. The molecule has 2 rings (SSSR count). The highest BCUT2D eigenvalue weighted by molar-refractivity contribution is 7.17. The quantitative estimate of drug-likeness (QED) is 0.735. The largest absolute Gasteiger partial charge is 0.398 e. The van der Waals surface area contributed by atoms with Crippen molar-refractivity contribution in [2.45, 2.75) is 6.61 Å². The molecule has 0 aliphatic carbocycles. The first-order valence-electron chi connectivity index (χ1n) is 3.79. The Morgan fingerprint density at radius 2 is 2.23 bits per heavy atom. The number of halogens is 1. The van der Waals surface area contributed by atoms with E-state index in [1.165, 1.54) is 17.4 Å². The van der Waals surface area contributed by atoms with E-state index in [0.717, 1.165) is 0 Å². The molecule has 0 unspecified atom stereocenters. The smallest absolute Gasteiger partial charge is 0.141 e. The zero-order valence-electron chi connectivity index (χ0n) is 6.75. The number of fused-ring (bicyclic) bond motifs is 1. The molecule has 0 radical (unpaired) electrons. The van der Waals surface area contributed by atoms with Gasteiger partial charge in [-0.2, -0.15) is 0 Å². The summed E-state index contributed by atoms with van der Waals surface area (Å²) in [5.41, 5.74) is 6.86. The zero-order valence-corrected chi connectivity index (χ0v) is 7.57. The summed E-state index contributed by atoms with van der Waals surface area (Å²) in [5.74, 6) is -0.283. The Labute approximate surface area is 78.4 Å². The molecule has 0 aliphatic heterocycles. The van der Waals surface area contributed by atoms with Gasteiger partial charge in [0.25, 0.3) is 0 Å². The minimum Gasteiger partial charge on any atom is -0.398 e. The fourth-order valence-corrected chi connectivity index (χ4v) is 2.25. The average Bonchev–Trinajstić information content (AvgIpc) is 2.51. The van der Waals surface area contributed by atoms with Crippen LogP contribution in [0, 0.1) is 5.82 Å². The number of aliphatic hydroxyl groups excluding tert-OH is 1. The zero-order chi connectivity index (χ0) is 9.42. The Balaban J connectivity index is 2.88. The van der Waals surface area contributed by atoms with Gasteiger partial charge in [0.2, 0.25) is 0 Å². The molecule has 3 N–H and O–H groups in total. The number of aliphatic hydroxyl groups is 1. The van der Waals surface area contributed by atoms with Gasteiger partial charge in [-0.3, -0.25) is 0 Å². The molecule has 0 saturated heterocycles. The molecule has 0 amide bonds. The van der Waals surface area contributed by atoms with Crippen LogP contribution >= 0.6 is 11.3 Å². The van der Waals surface area contributed by atoms with Gasteiger partial charge >= 0.3 is 0 Å². The first-order valence-corrected chi connectivity index (χ1v) is 4.67. The highest BCUT2D eigenvalue weighted by Crippen LogP contribution is 2.32. The van der Waals surface area contributed by atoms with Gasteiger partial charge in [-0.15, -0.1) is 11.3 Å². The lowest BCUT2D eigenvalue weighted by Crippen LogP contribution is -1.89. The second-order valence-electron chi connectivity index (χ2n) is 2.76. The van der Waals surface area contributed by atoms with Crippen LogP contribution in [0.5, 0.6) is 0 Å². The van der Waals surface area contributed by atoms with Gasteiger partial charge < -0.3 is 10.8 Å². The molecule has 68 valence electrons. The van der Waals surface area contributed by atoms with E-state index in [-0.39, 0.29) is 12.4 Å². The highest BCUT2D eigenvalue weighted by Gasteiger charge is 2.09. The molecule has 0 fully saturated rings. The summed E-state index contributed by atoms with van der Waals surface area (Å²) in [7, 11) is 0. The van der Waals surface area contributed by atoms with Crippen molar-refractivity contribution >= 4 is 27.1 Å². The van der Waals surface area contributed by atoms with Gasteiger partial charge in [0.15, 0.2) is 0 Å². The molecular formula is C9H8FNOS. The van der Waals surface area contributed by atoms with Crippen molar-refractivity contribution in [2.24, 2.45) is 0 Å². The molecule has 4 heteroatoms. The van der Waals surface area contributed by atoms with Crippen LogP contribution in [0.25, 0.3) is 10.1 Å². The lowest BCUT2D eigenvalue weighted by Gasteiger charge is -2.00. The van der Waals surface area contributed by atoms with Crippen LogP contribution in [-0.2, 0) is 6.61 Å². The van der Waals surface area contributed by atoms with E-state index in [9.17, 15) is 4.39 Å². The van der Waals surface area contributed by atoms with Crippen LogP contribution in [0.3, 0.4) is 0 Å². The number of hydrogen-bond donors (Lipinski definition) is 2. The number of rotatable bonds is 1. The molecule has 2 aromatic rings. The van der Waals surface area contributed by atoms with Gasteiger partial charge in [-0.05, 0) is 11.6 Å². The molecule has 1 heterocycles. The molecule has 1 aromatic carbocycles. The molecule has 0 saturated carbocycles. The van der Waals surface area contributed by atoms with Crippen LogP contribution in [-0.4, -0.2) is 5.11 Å². The summed E-state index contributed by atoms with van der Waals surface area (Å²) in [5, 5.41) is 11.3. The predicted octanol–water partition coefficient (Wildman–Crippen LogP) is 2.11. The third kappa shape index (κ3) is 1.18. The van der Waals surface area contributed by atoms with Crippen molar-refractivity contribution in [1.82, 2.24) is 0 Å². The van der Waals surface area contributed by atoms with Crippen LogP contribution < -0.4 is 5.73 Å². The molecule has 0 spiro atoms. The number of nitrogens with two attached hydrogens (primary N) is 1. The Morgan fingerprint density at radius 1 is 1.46 bits per heavy atom. The fourth-order valence-electron chi connectivity index (χ4n) is 1.34. The standard InChI is InChI=1S/C9H8FNOS/c10-6-2-1-5(3-12)8-7(11)4-13-9(6)8/h1-2,4,12H,3,11H2. The maximum Gasteiger partial charge on any atom is 0.141 e. The first kappa shape index (κ1) is 8.47. The summed E-state index contributed by atoms with van der Waals surface area (Å²) in [6.07, 6.45) is 0. The Morgan fingerprint density at radius 3 is 2.92 bits per heavy atom. The first-order chi connectivity index (χ1) is 6.24. The maximum absolute atomic E-state index is 13.2. The molecule has 13 heavy (non-hydrogen) atoms. The van der Waals surface area contributed by atoms with Gasteiger partial charge in [0.05, 0.1) is 17.0 Å². The summed E-state index contributed by atoms with van der Waals surface area (Å²) in [4.78, 5) is 0. The van der Waals surface area contributed by atoms with Crippen molar-refractivity contribution < 1.29 is 9.50 Å². The van der Waals surface area contributed by atoms with Crippen molar-refractivity contribution in [3.05, 3.63) is 28.9 Å². The van der Waals surface area contributed by atoms with Gasteiger partial charge in [-0.25, -0.2) is 4.39 Å². The minimum atomic E-state index is -0.283. The monoisotopic (exact) mass is 197 g/mol. The topological polar surface area (TPSA) is 46.2 Å². The molecule has 0 bridgehead atoms. The second-order valence-corrected chi connectivity index (χ2v) is 3.64. The number of benzene rings is 1. The van der Waals surface area contributed by atoms with Crippen LogP contribution in [0.4, 0.5) is 10.1 Å². The van der Waals surface area contributed by atoms with Gasteiger partial charge in [-0.1, -0.05) is 6.07 Å². The number of hydrogen-bond acceptors (Lipinski definition) is 3. The van der Waals surface area contributed by atoms with Crippen LogP contribution in [0.2, 0.25) is 0 Å². The third-order valence-corrected chi connectivity index (χ3v) is 2.97. The summed E-state index contributed by atoms with van der Waals surface area (Å²) < 4.78 is 13.7. The van der Waals surface area contributed by atoms with Crippen molar-refractivity contribution in [1.29, 1.82) is 0 Å². The van der Waals surface area contributed by atoms with E-state index in [2.05, 4.69) is 0 Å². The number of nitrogen functional groups attached to an aromatic ring is 1. The van der Waals surface area contributed by atoms with Crippen LogP contribution in [0.1, 0.15) is 5.56 Å². The Kier molecular flexibility index (Phi) is 1.94. The normalized spacial score (nSPS) is 10.9. The second kappa shape index (κ2) is 2.97. The van der Waals surface area contributed by atoms with Crippen molar-refractivity contribution in [3.8, 4) is 0 Å². The van der Waals surface area contributed by atoms with E-state index >= 15 is 0 Å². The third-order valence-electron chi connectivity index (χ3n) is 1.96. The van der Waals surface area contributed by atoms with Crippen LogP contribution in [0.15, 0.2) is 17.5 Å². The summed E-state index contributed by atoms with van der Waals surface area (Å²) >= 11 is 1.26. The van der Waals surface area contributed by atoms with E-state index < -0.39 is 0 Å². The van der Waals surface area contributed by atoms with Crippen molar-refractivity contribution in [2.75, 3.05) is 5.73 Å². The lowest BCUT2D eigenvalue weighted by molar-refractivity contribution is 0.283. The molecular weight excluding hydrogens is 189 g/mol. The highest BCUT2D eigenvalue weighted by atomic mass is 32.1. The van der Waals surface area contributed by atoms with E-state index in [4.69, 9.17) is 10.8 Å². The summed E-state index contributed by atoms with van der Waals surface area (Å²) in [6, 6.07) is 2.91. The number of anilines is 1. The van der Waals surface area contributed by atoms with Crippen molar-refractivity contribution in [3.63, 3.8) is 0 Å². The molecule has 0 atom stereocenters. The number of thiophene rings is 1. The Hall–Kier alpha value is -1.13. The van der Waals surface area contributed by atoms with Gasteiger partial charge in [0.1, 0.15) is 5.82 Å². The SMILES string of the molecule is Nc1csc2c(F)ccc(CO)c12. The lowest BCUT2D eigenvalue weighted by atomic mass is 10.1. The minimum absolute atomic E-state index is 0.113. The fraction of sp³-hybridized carbons (Fsp3) is 0.111. The van der Waals surface area contributed by atoms with Gasteiger partial charge in [0, 0.05) is 10.8 Å².